The molecule has 4 nitrogen and oxygen atoms in total. The normalized spacial score (nSPS) is 21.4. The Morgan fingerprint density at radius 2 is 1.89 bits per heavy atom. The second kappa shape index (κ2) is 5.71. The number of sulfone groups is 1. The first-order valence-electron chi connectivity index (χ1n) is 6.30. The summed E-state index contributed by atoms with van der Waals surface area (Å²) in [5.74, 6) is 0.533. The van der Waals surface area contributed by atoms with Crippen molar-refractivity contribution in [1.29, 1.82) is 0 Å². The van der Waals surface area contributed by atoms with Gasteiger partial charge in [0.05, 0.1) is 10.6 Å². The van der Waals surface area contributed by atoms with Crippen molar-refractivity contribution in [3.05, 3.63) is 24.3 Å². The van der Waals surface area contributed by atoms with Crippen molar-refractivity contribution in [2.75, 3.05) is 18.8 Å². The first-order valence-corrected chi connectivity index (χ1v) is 7.96. The van der Waals surface area contributed by atoms with E-state index < -0.39 is 9.84 Å². The Morgan fingerprint density at radius 1 is 1.17 bits per heavy atom. The lowest BCUT2D eigenvalue weighted by Crippen LogP contribution is -2.18. The van der Waals surface area contributed by atoms with Gasteiger partial charge in [0.2, 0.25) is 0 Å². The predicted octanol–water partition coefficient (Wildman–Crippen LogP) is 1.56. The lowest BCUT2D eigenvalue weighted by atomic mass is 10.0. The van der Waals surface area contributed by atoms with E-state index in [1.165, 1.54) is 24.3 Å². The van der Waals surface area contributed by atoms with Crippen molar-refractivity contribution in [2.24, 2.45) is 5.92 Å². The average Bonchev–Trinajstić information content (AvgIpc) is 2.57. The average molecular weight is 269 g/mol. The molecule has 0 aromatic heterocycles. The van der Waals surface area contributed by atoms with Gasteiger partial charge in [-0.1, -0.05) is 0 Å². The highest BCUT2D eigenvalue weighted by Crippen LogP contribution is 2.22. The van der Waals surface area contributed by atoms with Crippen molar-refractivity contribution < 1.29 is 13.5 Å². The van der Waals surface area contributed by atoms with Crippen LogP contribution in [0.15, 0.2) is 29.2 Å². The molecular formula is C13H19NO3S. The van der Waals surface area contributed by atoms with Crippen LogP contribution in [0.4, 0.5) is 0 Å². The summed E-state index contributed by atoms with van der Waals surface area (Å²) >= 11 is 0. The predicted molar refractivity (Wildman–Crippen MR) is 70.4 cm³/mol. The summed E-state index contributed by atoms with van der Waals surface area (Å²) in [5, 5.41) is 12.5. The molecule has 1 aromatic rings. The van der Waals surface area contributed by atoms with Gasteiger partial charge in [0.1, 0.15) is 5.75 Å². The van der Waals surface area contributed by atoms with Crippen LogP contribution in [0.3, 0.4) is 0 Å². The molecule has 1 heterocycles. The van der Waals surface area contributed by atoms with Crippen molar-refractivity contribution in [1.82, 2.24) is 5.32 Å². The molecule has 100 valence electrons. The number of benzene rings is 1. The molecule has 2 N–H and O–H groups in total. The van der Waals surface area contributed by atoms with E-state index in [4.69, 9.17) is 0 Å². The minimum Gasteiger partial charge on any atom is -0.508 e. The molecule has 0 spiro atoms. The van der Waals surface area contributed by atoms with E-state index in [0.717, 1.165) is 32.4 Å². The molecule has 0 amide bonds. The summed E-state index contributed by atoms with van der Waals surface area (Å²) in [7, 11) is -3.23. The van der Waals surface area contributed by atoms with E-state index >= 15 is 0 Å². The Labute approximate surface area is 108 Å². The maximum atomic E-state index is 12.2. The Morgan fingerprint density at radius 3 is 2.61 bits per heavy atom. The van der Waals surface area contributed by atoms with E-state index in [2.05, 4.69) is 5.32 Å². The molecule has 0 saturated carbocycles. The van der Waals surface area contributed by atoms with Crippen LogP contribution in [-0.4, -0.2) is 32.4 Å². The van der Waals surface area contributed by atoms with Gasteiger partial charge >= 0.3 is 0 Å². The van der Waals surface area contributed by atoms with E-state index in [9.17, 15) is 13.5 Å². The van der Waals surface area contributed by atoms with Gasteiger partial charge in [0.15, 0.2) is 9.84 Å². The zero-order valence-electron chi connectivity index (χ0n) is 10.3. The molecule has 1 aliphatic heterocycles. The second-order valence-corrected chi connectivity index (χ2v) is 6.86. The van der Waals surface area contributed by atoms with Crippen molar-refractivity contribution in [3.63, 3.8) is 0 Å². The Balaban J connectivity index is 2.08. The zero-order chi connectivity index (χ0) is 13.0. The molecule has 2 rings (SSSR count). The van der Waals surface area contributed by atoms with Crippen LogP contribution in [0.2, 0.25) is 0 Å². The van der Waals surface area contributed by atoms with Crippen LogP contribution in [0, 0.1) is 5.92 Å². The molecule has 1 aliphatic rings. The number of phenols is 1. The third kappa shape index (κ3) is 3.46. The van der Waals surface area contributed by atoms with Gasteiger partial charge in [0, 0.05) is 0 Å². The van der Waals surface area contributed by atoms with Crippen LogP contribution < -0.4 is 5.32 Å². The molecule has 1 unspecified atom stereocenters. The minimum absolute atomic E-state index is 0.0904. The number of nitrogens with one attached hydrogen (secondary N) is 1. The van der Waals surface area contributed by atoms with Gasteiger partial charge in [-0.15, -0.1) is 0 Å². The molecule has 0 bridgehead atoms. The summed E-state index contributed by atoms with van der Waals surface area (Å²) in [4.78, 5) is 0.303. The zero-order valence-corrected chi connectivity index (χ0v) is 11.1. The molecule has 0 aliphatic carbocycles. The van der Waals surface area contributed by atoms with E-state index in [1.807, 2.05) is 0 Å². The highest BCUT2D eigenvalue weighted by molar-refractivity contribution is 7.91. The number of hydrogen-bond donors (Lipinski definition) is 2. The SMILES string of the molecule is O=S(=O)(CC1CCCNCC1)c1ccc(O)cc1. The lowest BCUT2D eigenvalue weighted by Gasteiger charge is -2.13. The summed E-state index contributed by atoms with van der Waals surface area (Å²) in [5.41, 5.74) is 0. The topological polar surface area (TPSA) is 66.4 Å². The molecule has 18 heavy (non-hydrogen) atoms. The molecular weight excluding hydrogens is 250 g/mol. The molecule has 0 radical (unpaired) electrons. The van der Waals surface area contributed by atoms with Crippen LogP contribution in [0.5, 0.6) is 5.75 Å². The molecule has 1 saturated heterocycles. The summed E-state index contributed by atoms with van der Waals surface area (Å²) in [6, 6.07) is 5.78. The third-order valence-electron chi connectivity index (χ3n) is 3.35. The molecule has 1 aromatic carbocycles. The minimum atomic E-state index is -3.23. The molecule has 1 fully saturated rings. The van der Waals surface area contributed by atoms with Gasteiger partial charge in [-0.3, -0.25) is 0 Å². The third-order valence-corrected chi connectivity index (χ3v) is 5.25. The maximum absolute atomic E-state index is 12.2. The Hall–Kier alpha value is -1.07. The van der Waals surface area contributed by atoms with E-state index in [-0.39, 0.29) is 17.4 Å². The monoisotopic (exact) mass is 269 g/mol. The summed E-state index contributed by atoms with van der Waals surface area (Å²) in [6.45, 7) is 1.88. The van der Waals surface area contributed by atoms with Crippen LogP contribution in [-0.2, 0) is 9.84 Å². The molecule has 5 heteroatoms. The van der Waals surface area contributed by atoms with Crippen molar-refractivity contribution >= 4 is 9.84 Å². The van der Waals surface area contributed by atoms with Gasteiger partial charge in [-0.05, 0) is 62.5 Å². The quantitative estimate of drug-likeness (QED) is 0.874. The fraction of sp³-hybridized carbons (Fsp3) is 0.538. The first kappa shape index (κ1) is 13.4. The lowest BCUT2D eigenvalue weighted by molar-refractivity contribution is 0.474. The van der Waals surface area contributed by atoms with E-state index in [1.54, 1.807) is 0 Å². The van der Waals surface area contributed by atoms with Gasteiger partial charge in [-0.2, -0.15) is 0 Å². The van der Waals surface area contributed by atoms with Crippen molar-refractivity contribution in [3.8, 4) is 5.75 Å². The fourth-order valence-corrected chi connectivity index (χ4v) is 4.02. The summed E-state index contributed by atoms with van der Waals surface area (Å²) < 4.78 is 24.4. The first-order chi connectivity index (χ1) is 8.58. The standard InChI is InChI=1S/C13H19NO3S/c15-12-3-5-13(6-4-12)18(16,17)10-11-2-1-8-14-9-7-11/h3-6,11,14-15H,1-2,7-10H2. The Kier molecular flexibility index (Phi) is 4.24. The van der Waals surface area contributed by atoms with Gasteiger partial charge in [0.25, 0.3) is 0 Å². The van der Waals surface area contributed by atoms with E-state index in [0.29, 0.717) is 4.90 Å². The molecule has 1 atom stereocenters. The smallest absolute Gasteiger partial charge is 0.178 e. The number of aromatic hydroxyl groups is 1. The number of hydrogen-bond acceptors (Lipinski definition) is 4. The largest absolute Gasteiger partial charge is 0.508 e. The fourth-order valence-electron chi connectivity index (χ4n) is 2.32. The summed E-state index contributed by atoms with van der Waals surface area (Å²) in [6.07, 6.45) is 2.91. The van der Waals surface area contributed by atoms with Gasteiger partial charge < -0.3 is 10.4 Å². The van der Waals surface area contributed by atoms with Crippen molar-refractivity contribution in [2.45, 2.75) is 24.2 Å². The van der Waals surface area contributed by atoms with Crippen LogP contribution in [0.1, 0.15) is 19.3 Å². The Bertz CT molecular complexity index is 473. The van der Waals surface area contributed by atoms with Crippen LogP contribution in [0.25, 0.3) is 0 Å². The highest BCUT2D eigenvalue weighted by Gasteiger charge is 2.22. The second-order valence-electron chi connectivity index (χ2n) is 4.82. The highest BCUT2D eigenvalue weighted by atomic mass is 32.2. The van der Waals surface area contributed by atoms with Gasteiger partial charge in [-0.25, -0.2) is 8.42 Å². The number of rotatable bonds is 3. The maximum Gasteiger partial charge on any atom is 0.178 e. The number of phenolic OH excluding ortho intramolecular Hbond substituents is 1. The van der Waals surface area contributed by atoms with Crippen LogP contribution >= 0.6 is 0 Å².